The highest BCUT2D eigenvalue weighted by Gasteiger charge is 2.22. The topological polar surface area (TPSA) is 63.3 Å². The zero-order valence-electron chi connectivity index (χ0n) is 12.1. The normalized spacial score (nSPS) is 12.2. The lowest BCUT2D eigenvalue weighted by Gasteiger charge is -2.14. The van der Waals surface area contributed by atoms with Gasteiger partial charge in [-0.1, -0.05) is 42.8 Å². The van der Waals surface area contributed by atoms with Crippen molar-refractivity contribution in [3.63, 3.8) is 0 Å². The Balaban J connectivity index is -0.00000132. The highest BCUT2D eigenvalue weighted by atomic mass is 35.5. The first-order chi connectivity index (χ1) is 10.5. The maximum absolute atomic E-state index is 14.7. The molecule has 0 aliphatic carbocycles. The van der Waals surface area contributed by atoms with Gasteiger partial charge in [-0.05, 0) is 24.1 Å². The zero-order valence-corrected chi connectivity index (χ0v) is 12.9. The number of benzene rings is 2. The van der Waals surface area contributed by atoms with Gasteiger partial charge in [0.2, 0.25) is 0 Å². The molecule has 1 atom stereocenters. The maximum Gasteiger partial charge on any atom is 0.197 e. The summed E-state index contributed by atoms with van der Waals surface area (Å²) in [5.74, 6) is -1.20. The molecule has 0 heterocycles. The lowest BCUT2D eigenvalue weighted by atomic mass is 9.96. The third-order valence-corrected chi connectivity index (χ3v) is 3.87. The van der Waals surface area contributed by atoms with Gasteiger partial charge in [-0.25, -0.2) is 4.39 Å². The van der Waals surface area contributed by atoms with Crippen LogP contribution in [0.25, 0.3) is 0 Å². The quantitative estimate of drug-likeness (QED) is 0.788. The van der Waals surface area contributed by atoms with Crippen LogP contribution in [0.15, 0.2) is 36.4 Å². The Morgan fingerprint density at radius 3 is 2.77 bits per heavy atom. The van der Waals surface area contributed by atoms with Crippen LogP contribution < -0.4 is 5.73 Å². The summed E-state index contributed by atoms with van der Waals surface area (Å²) in [4.78, 5) is 12.6. The van der Waals surface area contributed by atoms with E-state index in [1.165, 1.54) is 18.2 Å². The molecule has 22 heavy (non-hydrogen) atoms. The highest BCUT2D eigenvalue weighted by molar-refractivity contribution is 6.35. The van der Waals surface area contributed by atoms with Crippen molar-refractivity contribution >= 4 is 17.4 Å². The Labute approximate surface area is 139 Å². The summed E-state index contributed by atoms with van der Waals surface area (Å²) in [6.07, 6.45) is 0.548. The predicted octanol–water partition coefficient (Wildman–Crippen LogP) is 4.60. The zero-order chi connectivity index (χ0) is 16.3. The molecule has 0 aromatic heterocycles. The van der Waals surface area contributed by atoms with Crippen LogP contribution in [0.5, 0.6) is 0 Å². The van der Waals surface area contributed by atoms with Gasteiger partial charge in [0.1, 0.15) is 5.82 Å². The van der Waals surface area contributed by atoms with Gasteiger partial charge in [0.25, 0.3) is 0 Å². The fraction of sp³-hybridized carbons (Fsp3) is 0.235. The second kappa shape index (κ2) is 7.01. The number of aliphatic hydroxyl groups excluding tert-OH is 1. The Bertz CT molecular complexity index is 719. The summed E-state index contributed by atoms with van der Waals surface area (Å²) < 4.78 is 14.7. The lowest BCUT2D eigenvalue weighted by molar-refractivity contribution is 0.103. The smallest absolute Gasteiger partial charge is 0.197 e. The number of nitrogens with two attached hydrogens (primary N) is 1. The van der Waals surface area contributed by atoms with E-state index in [0.717, 1.165) is 0 Å². The Hall–Kier alpha value is -1.75. The van der Waals surface area contributed by atoms with E-state index in [1.807, 2.05) is 6.92 Å². The fourth-order valence-corrected chi connectivity index (χ4v) is 2.47. The molecule has 5 heteroatoms. The molecular weight excluding hydrogens is 305 g/mol. The summed E-state index contributed by atoms with van der Waals surface area (Å²) in [5, 5.41) is 9.19. The van der Waals surface area contributed by atoms with Crippen LogP contribution in [0, 0.1) is 5.82 Å². The lowest BCUT2D eigenvalue weighted by Crippen LogP contribution is -2.14. The number of carbonyl (C=O) groups excluding carboxylic acids is 1. The third kappa shape index (κ3) is 3.19. The molecular formula is C17H25ClFNO2. The number of ketones is 1. The van der Waals surface area contributed by atoms with Crippen molar-refractivity contribution in [3.8, 4) is 0 Å². The largest absolute Gasteiger partial charge is 0.392 e. The van der Waals surface area contributed by atoms with Crippen LogP contribution in [0.2, 0.25) is 5.02 Å². The van der Waals surface area contributed by atoms with E-state index in [1.54, 1.807) is 18.2 Å². The molecule has 2 aromatic rings. The minimum atomic E-state index is -0.679. The first-order valence-electron chi connectivity index (χ1n) is 6.97. The maximum atomic E-state index is 14.7. The molecule has 2 rings (SSSR count). The van der Waals surface area contributed by atoms with Crippen molar-refractivity contribution < 1.29 is 20.0 Å². The summed E-state index contributed by atoms with van der Waals surface area (Å²) in [7, 11) is 0. The van der Waals surface area contributed by atoms with E-state index >= 15 is 0 Å². The molecule has 0 fully saturated rings. The van der Waals surface area contributed by atoms with Crippen LogP contribution >= 0.6 is 11.6 Å². The van der Waals surface area contributed by atoms with E-state index in [0.29, 0.717) is 12.0 Å². The minimum Gasteiger partial charge on any atom is -0.392 e. The van der Waals surface area contributed by atoms with Crippen molar-refractivity contribution in [2.24, 2.45) is 5.73 Å². The van der Waals surface area contributed by atoms with Crippen LogP contribution in [-0.4, -0.2) is 10.9 Å². The van der Waals surface area contributed by atoms with E-state index < -0.39 is 17.6 Å². The first-order valence-corrected chi connectivity index (χ1v) is 7.35. The summed E-state index contributed by atoms with van der Waals surface area (Å²) in [5.41, 5.74) is 6.81. The van der Waals surface area contributed by atoms with Crippen molar-refractivity contribution in [1.29, 1.82) is 0 Å². The standard InChI is InChI=1S/C17H17ClFNO2.4H2/c1-2-14(20)12-6-7-13(18)15(16(12)19)17(22)11-5-3-4-10(8-11)9-21;;;;/h3-8,14,21H,2,9,20H2,1H3;4*1H/t14-;;;;/m1..../s1. The molecule has 0 aliphatic rings. The highest BCUT2D eigenvalue weighted by Crippen LogP contribution is 2.28. The Kier molecular flexibility index (Phi) is 5.29. The van der Waals surface area contributed by atoms with Gasteiger partial charge in [-0.2, -0.15) is 0 Å². The van der Waals surface area contributed by atoms with E-state index in [4.69, 9.17) is 22.4 Å². The number of rotatable bonds is 5. The van der Waals surface area contributed by atoms with Gasteiger partial charge < -0.3 is 10.8 Å². The van der Waals surface area contributed by atoms with E-state index in [2.05, 4.69) is 0 Å². The van der Waals surface area contributed by atoms with Gasteiger partial charge in [0.15, 0.2) is 5.78 Å². The number of hydrogen-bond acceptors (Lipinski definition) is 3. The minimum absolute atomic E-state index is 0. The third-order valence-electron chi connectivity index (χ3n) is 3.56. The van der Waals surface area contributed by atoms with Crippen LogP contribution in [-0.2, 0) is 6.61 Å². The van der Waals surface area contributed by atoms with Crippen molar-refractivity contribution in [3.05, 3.63) is 69.5 Å². The van der Waals surface area contributed by atoms with Gasteiger partial charge in [-0.15, -0.1) is 0 Å². The molecule has 0 aliphatic heterocycles. The van der Waals surface area contributed by atoms with Gasteiger partial charge >= 0.3 is 0 Å². The second-order valence-corrected chi connectivity index (χ2v) is 5.44. The average molecular weight is 330 g/mol. The van der Waals surface area contributed by atoms with Gasteiger partial charge in [0.05, 0.1) is 17.2 Å². The first kappa shape index (κ1) is 16.6. The SMILES string of the molecule is CC[C@@H](N)c1ccc(Cl)c(C(=O)c2cccc(CO)c2)c1F.[HH].[HH].[HH].[HH]. The molecule has 0 saturated carbocycles. The molecule has 0 saturated heterocycles. The van der Waals surface area contributed by atoms with E-state index in [-0.39, 0.29) is 34.0 Å². The number of aliphatic hydroxyl groups is 1. The summed E-state index contributed by atoms with van der Waals surface area (Å²) in [6, 6.07) is 8.89. The number of carbonyl (C=O) groups is 1. The van der Waals surface area contributed by atoms with E-state index in [9.17, 15) is 9.18 Å². The predicted molar refractivity (Wildman–Crippen MR) is 92.9 cm³/mol. The monoisotopic (exact) mass is 329 g/mol. The fourth-order valence-electron chi connectivity index (χ4n) is 2.24. The van der Waals surface area contributed by atoms with Gasteiger partial charge in [0, 0.05) is 22.9 Å². The Morgan fingerprint density at radius 1 is 1.41 bits per heavy atom. The summed E-state index contributed by atoms with van der Waals surface area (Å²) >= 11 is 6.02. The molecule has 0 bridgehead atoms. The van der Waals surface area contributed by atoms with Crippen LogP contribution in [0.3, 0.4) is 0 Å². The average Bonchev–Trinajstić information content (AvgIpc) is 2.54. The second-order valence-electron chi connectivity index (χ2n) is 5.03. The summed E-state index contributed by atoms with van der Waals surface area (Å²) in [6.45, 7) is 1.64. The molecule has 3 nitrogen and oxygen atoms in total. The molecule has 0 spiro atoms. The molecule has 0 radical (unpaired) electrons. The molecule has 2 aromatic carbocycles. The number of hydrogen-bond donors (Lipinski definition) is 2. The van der Waals surface area contributed by atoms with Gasteiger partial charge in [-0.3, -0.25) is 4.79 Å². The molecule has 0 unspecified atom stereocenters. The molecule has 124 valence electrons. The number of halogens is 2. The molecule has 3 N–H and O–H groups in total. The van der Waals surface area contributed by atoms with Crippen LogP contribution in [0.1, 0.15) is 52.1 Å². The Morgan fingerprint density at radius 2 is 2.14 bits per heavy atom. The van der Waals surface area contributed by atoms with Crippen LogP contribution in [0.4, 0.5) is 4.39 Å². The van der Waals surface area contributed by atoms with Crippen molar-refractivity contribution in [1.82, 2.24) is 0 Å². The molecule has 0 amide bonds. The van der Waals surface area contributed by atoms with Crippen molar-refractivity contribution in [2.75, 3.05) is 0 Å². The van der Waals surface area contributed by atoms with Crippen molar-refractivity contribution in [2.45, 2.75) is 26.0 Å².